The standard InChI is InChI=1S/C14H9BrF4N.Y/c1-8-11(15)4-5-13(20(8)7-14(18)19)10-3-2-9(16)6-12(10)17;/h2-4,6,14H,1,7H2;/q-1;. The van der Waals surface area contributed by atoms with E-state index < -0.39 is 24.6 Å². The van der Waals surface area contributed by atoms with E-state index in [0.29, 0.717) is 10.5 Å². The number of alkyl halides is 2. The van der Waals surface area contributed by atoms with E-state index in [0.717, 1.165) is 11.0 Å². The van der Waals surface area contributed by atoms with Crippen LogP contribution in [0.4, 0.5) is 17.6 Å². The third-order valence-electron chi connectivity index (χ3n) is 2.71. The van der Waals surface area contributed by atoms with Crippen LogP contribution in [0.2, 0.25) is 0 Å². The normalized spacial score (nSPS) is 14.8. The van der Waals surface area contributed by atoms with E-state index in [-0.39, 0.29) is 49.7 Å². The van der Waals surface area contributed by atoms with Crippen LogP contribution in [-0.2, 0) is 32.7 Å². The number of nitrogens with zero attached hydrogens (tertiary/aromatic N) is 1. The van der Waals surface area contributed by atoms with Gasteiger partial charge in [-0.25, -0.2) is 17.6 Å². The third kappa shape index (κ3) is 4.27. The van der Waals surface area contributed by atoms with Crippen LogP contribution >= 0.6 is 15.9 Å². The molecule has 1 heterocycles. The number of hydrogen-bond acceptors (Lipinski definition) is 1. The molecule has 0 saturated carbocycles. The first-order valence-corrected chi connectivity index (χ1v) is 6.39. The van der Waals surface area contributed by atoms with Gasteiger partial charge in [0.25, 0.3) is 6.43 Å². The molecule has 1 nitrogen and oxygen atoms in total. The van der Waals surface area contributed by atoms with Gasteiger partial charge < -0.3 is 4.90 Å². The Kier molecular flexibility index (Phi) is 6.82. The molecule has 0 aromatic heterocycles. The average Bonchev–Trinajstić information content (AvgIpc) is 2.36. The molecule has 0 atom stereocenters. The van der Waals surface area contributed by atoms with Gasteiger partial charge in [-0.2, -0.15) is 12.2 Å². The summed E-state index contributed by atoms with van der Waals surface area (Å²) in [4.78, 5) is 1.14. The third-order valence-corrected chi connectivity index (χ3v) is 3.40. The Hall–Kier alpha value is -0.456. The molecule has 0 fully saturated rings. The Morgan fingerprint density at radius 1 is 1.29 bits per heavy atom. The predicted molar refractivity (Wildman–Crippen MR) is 71.9 cm³/mol. The molecule has 0 aliphatic carbocycles. The van der Waals surface area contributed by atoms with Gasteiger partial charge in [0.1, 0.15) is 5.82 Å². The monoisotopic (exact) mass is 435 g/mol. The minimum atomic E-state index is -2.63. The molecule has 0 N–H and O–H groups in total. The van der Waals surface area contributed by atoms with Crippen LogP contribution in [0.3, 0.4) is 0 Å². The van der Waals surface area contributed by atoms with E-state index in [1.165, 1.54) is 12.1 Å². The predicted octanol–water partition coefficient (Wildman–Crippen LogP) is 4.48. The van der Waals surface area contributed by atoms with Crippen molar-refractivity contribution in [2.24, 2.45) is 0 Å². The quantitative estimate of drug-likeness (QED) is 0.499. The number of rotatable bonds is 3. The van der Waals surface area contributed by atoms with Gasteiger partial charge in [-0.15, -0.1) is 22.0 Å². The van der Waals surface area contributed by atoms with Gasteiger partial charge in [0.05, 0.1) is 12.4 Å². The summed E-state index contributed by atoms with van der Waals surface area (Å²) in [6.07, 6.45) is 1.54. The van der Waals surface area contributed by atoms with Gasteiger partial charge in [0.15, 0.2) is 0 Å². The van der Waals surface area contributed by atoms with Crippen molar-refractivity contribution in [1.82, 2.24) is 4.90 Å². The van der Waals surface area contributed by atoms with Crippen molar-refractivity contribution in [3.8, 4) is 0 Å². The summed E-state index contributed by atoms with van der Waals surface area (Å²) < 4.78 is 52.5. The molecule has 21 heavy (non-hydrogen) atoms. The summed E-state index contributed by atoms with van der Waals surface area (Å²) in [5.74, 6) is -1.58. The first-order chi connectivity index (χ1) is 9.40. The average molecular weight is 436 g/mol. The summed E-state index contributed by atoms with van der Waals surface area (Å²) in [6, 6.07) is 2.94. The topological polar surface area (TPSA) is 3.24 Å². The molecule has 1 radical (unpaired) electrons. The van der Waals surface area contributed by atoms with Crippen molar-refractivity contribution in [2.75, 3.05) is 6.54 Å². The maximum absolute atomic E-state index is 13.8. The molecule has 1 aliphatic heterocycles. The molecule has 1 aromatic rings. The second kappa shape index (κ2) is 7.70. The molecule has 1 aliphatic rings. The van der Waals surface area contributed by atoms with E-state index in [4.69, 9.17) is 0 Å². The van der Waals surface area contributed by atoms with E-state index in [1.54, 1.807) is 0 Å². The minimum Gasteiger partial charge on any atom is -0.369 e. The Bertz CT molecular complexity index is 613. The molecule has 1 aromatic carbocycles. The maximum Gasteiger partial charge on any atom is 0.256 e. The fourth-order valence-electron chi connectivity index (χ4n) is 1.80. The van der Waals surface area contributed by atoms with Crippen molar-refractivity contribution >= 4 is 21.6 Å². The largest absolute Gasteiger partial charge is 0.369 e. The van der Waals surface area contributed by atoms with Crippen molar-refractivity contribution in [1.29, 1.82) is 0 Å². The summed E-state index contributed by atoms with van der Waals surface area (Å²) in [5, 5.41) is 0. The molecule has 7 heteroatoms. The van der Waals surface area contributed by atoms with Gasteiger partial charge in [0, 0.05) is 32.7 Å². The van der Waals surface area contributed by atoms with E-state index in [9.17, 15) is 17.6 Å². The Morgan fingerprint density at radius 2 is 1.95 bits per heavy atom. The van der Waals surface area contributed by atoms with Crippen molar-refractivity contribution in [2.45, 2.75) is 6.43 Å². The molecule has 0 spiro atoms. The Balaban J connectivity index is 0.00000220. The molecule has 0 saturated heterocycles. The SMILES string of the molecule is C=C1C(Br)=C[C-]=C(c2ccc(F)cc2F)N1CC(F)F.[Y]. The number of halogens is 5. The van der Waals surface area contributed by atoms with Gasteiger partial charge in [-0.3, -0.25) is 0 Å². The van der Waals surface area contributed by atoms with Crippen LogP contribution < -0.4 is 0 Å². The molecular weight excluding hydrogens is 427 g/mol. The zero-order valence-corrected chi connectivity index (χ0v) is 15.1. The summed E-state index contributed by atoms with van der Waals surface area (Å²) >= 11 is 3.16. The maximum atomic E-state index is 13.8. The first kappa shape index (κ1) is 18.6. The molecular formula is C14H9BrF4NY-. The van der Waals surface area contributed by atoms with Gasteiger partial charge in [-0.1, -0.05) is 22.3 Å². The molecule has 2 rings (SSSR count). The number of hydrogen-bond donors (Lipinski definition) is 0. The fourth-order valence-corrected chi connectivity index (χ4v) is 2.13. The van der Waals surface area contributed by atoms with Gasteiger partial charge >= 0.3 is 0 Å². The number of allylic oxidation sites excluding steroid dienone is 3. The zero-order valence-electron chi connectivity index (χ0n) is 10.7. The van der Waals surface area contributed by atoms with Crippen LogP contribution in [0, 0.1) is 17.7 Å². The van der Waals surface area contributed by atoms with E-state index in [2.05, 4.69) is 28.6 Å². The summed E-state index contributed by atoms with van der Waals surface area (Å²) in [6.45, 7) is 3.02. The summed E-state index contributed by atoms with van der Waals surface area (Å²) in [5.41, 5.74) is 0.350. The zero-order chi connectivity index (χ0) is 14.9. The summed E-state index contributed by atoms with van der Waals surface area (Å²) in [7, 11) is 0. The molecule has 0 unspecified atom stereocenters. The van der Waals surface area contributed by atoms with Crippen molar-refractivity contribution < 1.29 is 50.3 Å². The second-order valence-electron chi connectivity index (χ2n) is 4.06. The van der Waals surface area contributed by atoms with Crippen LogP contribution in [0.5, 0.6) is 0 Å². The number of benzene rings is 1. The van der Waals surface area contributed by atoms with Crippen LogP contribution in [-0.4, -0.2) is 17.9 Å². The van der Waals surface area contributed by atoms with Crippen LogP contribution in [0.15, 0.2) is 41.0 Å². The Morgan fingerprint density at radius 3 is 2.52 bits per heavy atom. The van der Waals surface area contributed by atoms with Crippen molar-refractivity contribution in [3.05, 3.63) is 64.3 Å². The molecule has 0 amide bonds. The molecule has 109 valence electrons. The second-order valence-corrected chi connectivity index (χ2v) is 4.91. The van der Waals surface area contributed by atoms with Crippen LogP contribution in [0.1, 0.15) is 5.56 Å². The van der Waals surface area contributed by atoms with Crippen molar-refractivity contribution in [3.63, 3.8) is 0 Å². The minimum absolute atomic E-state index is 0. The van der Waals surface area contributed by atoms with Gasteiger partial charge in [0.2, 0.25) is 0 Å². The smallest absolute Gasteiger partial charge is 0.256 e. The van der Waals surface area contributed by atoms with Crippen LogP contribution in [0.25, 0.3) is 5.70 Å². The van der Waals surface area contributed by atoms with Gasteiger partial charge in [-0.05, 0) is 17.8 Å². The van der Waals surface area contributed by atoms with E-state index >= 15 is 0 Å². The van der Waals surface area contributed by atoms with E-state index in [1.807, 2.05) is 0 Å². The first-order valence-electron chi connectivity index (χ1n) is 5.59. The Labute approximate surface area is 153 Å². The molecule has 0 bridgehead atoms. The fraction of sp³-hybridized carbons (Fsp3) is 0.143.